The number of unbranched alkanes of at least 4 members (excludes halogenated alkanes) is 2. The summed E-state index contributed by atoms with van der Waals surface area (Å²) < 4.78 is 5.15. The number of aliphatic hydroxyl groups is 5. The molecule has 0 heterocycles. The molecule has 0 aromatic heterocycles. The third-order valence-corrected chi connectivity index (χ3v) is 4.12. The number of rotatable bonds is 13. The van der Waals surface area contributed by atoms with Gasteiger partial charge in [0.2, 0.25) is 0 Å². The van der Waals surface area contributed by atoms with Crippen LogP contribution in [0.1, 0.15) is 31.2 Å². The molecule has 0 spiro atoms. The molecule has 4 atom stereocenters. The summed E-state index contributed by atoms with van der Waals surface area (Å²) in [5.74, 6) is -1.21. The third kappa shape index (κ3) is 8.77. The van der Waals surface area contributed by atoms with Gasteiger partial charge in [-0.1, -0.05) is 36.8 Å². The Morgan fingerprint density at radius 3 is 2.29 bits per heavy atom. The number of nitrogens with one attached hydrogen (secondary N) is 1. The summed E-state index contributed by atoms with van der Waals surface area (Å²) in [6.45, 7) is -0.381. The maximum absolute atomic E-state index is 11.7. The number of esters is 1. The van der Waals surface area contributed by atoms with E-state index in [0.717, 1.165) is 5.56 Å². The highest BCUT2D eigenvalue weighted by Gasteiger charge is 2.33. The first kappa shape index (κ1) is 24.0. The maximum atomic E-state index is 11.7. The normalized spacial score (nSPS) is 15.3. The number of hydrogen-bond donors (Lipinski definition) is 6. The van der Waals surface area contributed by atoms with Crippen molar-refractivity contribution in [1.29, 1.82) is 0 Å². The molecule has 0 aliphatic carbocycles. The van der Waals surface area contributed by atoms with Crippen LogP contribution >= 0.6 is 0 Å². The molecular weight excluding hydrogens is 370 g/mol. The minimum Gasteiger partial charge on any atom is -0.461 e. The van der Waals surface area contributed by atoms with Crippen molar-refractivity contribution in [2.75, 3.05) is 13.2 Å². The fourth-order valence-electron chi connectivity index (χ4n) is 2.37. The zero-order valence-electron chi connectivity index (χ0n) is 15.6. The summed E-state index contributed by atoms with van der Waals surface area (Å²) >= 11 is 0. The average Bonchev–Trinajstić information content (AvgIpc) is 2.72. The second kappa shape index (κ2) is 13.2. The van der Waals surface area contributed by atoms with Gasteiger partial charge in [-0.3, -0.25) is 9.59 Å². The molecule has 1 rings (SSSR count). The molecule has 28 heavy (non-hydrogen) atoms. The van der Waals surface area contributed by atoms with E-state index in [-0.39, 0.29) is 25.5 Å². The largest absolute Gasteiger partial charge is 0.461 e. The van der Waals surface area contributed by atoms with Crippen molar-refractivity contribution in [1.82, 2.24) is 5.32 Å². The van der Waals surface area contributed by atoms with E-state index >= 15 is 0 Å². The Bertz CT molecular complexity index is 583. The molecule has 0 radical (unpaired) electrons. The quantitative estimate of drug-likeness (QED) is 0.179. The van der Waals surface area contributed by atoms with Gasteiger partial charge in [0, 0.05) is 13.0 Å². The summed E-state index contributed by atoms with van der Waals surface area (Å²) in [7, 11) is 0. The van der Waals surface area contributed by atoms with Crippen LogP contribution in [-0.2, 0) is 20.9 Å². The Hall–Kier alpha value is -2.04. The van der Waals surface area contributed by atoms with Crippen LogP contribution in [0.4, 0.5) is 0 Å². The monoisotopic (exact) mass is 399 g/mol. The lowest BCUT2D eigenvalue weighted by Crippen LogP contribution is -2.51. The molecular formula is C19H29NO8. The zero-order chi connectivity index (χ0) is 20.9. The predicted octanol–water partition coefficient (Wildman–Crippen LogP) is -1.16. The molecule has 9 heteroatoms. The molecule has 158 valence electrons. The Morgan fingerprint density at radius 2 is 1.64 bits per heavy atom. The standard InChI is InChI=1S/C19H29NO8/c21-11-14(22)16(24)17(25)18(26)19(27)20-10-6-2-5-9-15(23)28-12-13-7-3-1-4-8-13/h1,3-4,7-8,14,16-18,21-22,24-26H,2,5-6,9-12H2,(H,20,27)/t14-,16-,17+,18-/m1/s1. The van der Waals surface area contributed by atoms with Crippen LogP contribution in [-0.4, -0.2) is 75.0 Å². The fraction of sp³-hybridized carbons (Fsp3) is 0.579. The van der Waals surface area contributed by atoms with Gasteiger partial charge < -0.3 is 35.6 Å². The molecule has 0 bridgehead atoms. The van der Waals surface area contributed by atoms with Crippen molar-refractivity contribution >= 4 is 11.9 Å². The number of ether oxygens (including phenoxy) is 1. The molecule has 0 saturated carbocycles. The van der Waals surface area contributed by atoms with E-state index in [2.05, 4.69) is 5.32 Å². The van der Waals surface area contributed by atoms with E-state index in [0.29, 0.717) is 19.3 Å². The molecule has 0 aliphatic heterocycles. The number of amides is 1. The van der Waals surface area contributed by atoms with E-state index < -0.39 is 36.9 Å². The van der Waals surface area contributed by atoms with Gasteiger partial charge in [0.15, 0.2) is 6.10 Å². The summed E-state index contributed by atoms with van der Waals surface area (Å²) in [5.41, 5.74) is 0.913. The predicted molar refractivity (Wildman–Crippen MR) is 98.8 cm³/mol. The van der Waals surface area contributed by atoms with Gasteiger partial charge in [0.25, 0.3) is 5.91 Å². The summed E-state index contributed by atoms with van der Waals surface area (Å²) in [5, 5.41) is 49.0. The van der Waals surface area contributed by atoms with Crippen LogP contribution in [0.25, 0.3) is 0 Å². The van der Waals surface area contributed by atoms with Crippen molar-refractivity contribution < 1.29 is 39.9 Å². The Morgan fingerprint density at radius 1 is 0.964 bits per heavy atom. The highest BCUT2D eigenvalue weighted by Crippen LogP contribution is 2.07. The first-order chi connectivity index (χ1) is 13.4. The molecule has 1 aromatic rings. The van der Waals surface area contributed by atoms with Gasteiger partial charge >= 0.3 is 5.97 Å². The van der Waals surface area contributed by atoms with Gasteiger partial charge in [-0.15, -0.1) is 0 Å². The maximum Gasteiger partial charge on any atom is 0.306 e. The van der Waals surface area contributed by atoms with Gasteiger partial charge in [-0.05, 0) is 18.4 Å². The minimum atomic E-state index is -1.94. The highest BCUT2D eigenvalue weighted by atomic mass is 16.5. The second-order valence-electron chi connectivity index (χ2n) is 6.42. The van der Waals surface area contributed by atoms with Gasteiger partial charge in [0.1, 0.15) is 24.9 Å². The highest BCUT2D eigenvalue weighted by molar-refractivity contribution is 5.81. The number of aliphatic hydroxyl groups excluding tert-OH is 5. The first-order valence-electron chi connectivity index (χ1n) is 9.17. The van der Waals surface area contributed by atoms with E-state index in [1.807, 2.05) is 30.3 Å². The van der Waals surface area contributed by atoms with Crippen molar-refractivity contribution in [3.8, 4) is 0 Å². The van der Waals surface area contributed by atoms with Crippen LogP contribution in [0.3, 0.4) is 0 Å². The second-order valence-corrected chi connectivity index (χ2v) is 6.42. The number of hydrogen-bond acceptors (Lipinski definition) is 8. The van der Waals surface area contributed by atoms with Crippen molar-refractivity contribution in [3.63, 3.8) is 0 Å². The average molecular weight is 399 g/mol. The van der Waals surface area contributed by atoms with Gasteiger partial charge in [0.05, 0.1) is 6.61 Å². The van der Waals surface area contributed by atoms with Gasteiger partial charge in [-0.2, -0.15) is 0 Å². The summed E-state index contributed by atoms with van der Waals surface area (Å²) in [6.07, 6.45) is -5.37. The lowest BCUT2D eigenvalue weighted by molar-refractivity contribution is -0.149. The first-order valence-corrected chi connectivity index (χ1v) is 9.17. The molecule has 0 saturated heterocycles. The molecule has 6 N–H and O–H groups in total. The molecule has 9 nitrogen and oxygen atoms in total. The Kier molecular flexibility index (Phi) is 11.3. The van der Waals surface area contributed by atoms with E-state index in [9.17, 15) is 30.0 Å². The SMILES string of the molecule is O=C(CCCCCNC(=O)[C@H](O)[C@@H](O)[C@H](O)[C@H](O)CO)OCc1ccccc1. The van der Waals surface area contributed by atoms with E-state index in [1.165, 1.54) is 0 Å². The van der Waals surface area contributed by atoms with Crippen LogP contribution in [0, 0.1) is 0 Å². The van der Waals surface area contributed by atoms with Gasteiger partial charge in [-0.25, -0.2) is 0 Å². The third-order valence-electron chi connectivity index (χ3n) is 4.12. The number of carbonyl (C=O) groups excluding carboxylic acids is 2. The topological polar surface area (TPSA) is 157 Å². The molecule has 0 unspecified atom stereocenters. The smallest absolute Gasteiger partial charge is 0.306 e. The molecule has 0 aliphatic rings. The fourth-order valence-corrected chi connectivity index (χ4v) is 2.37. The molecule has 1 amide bonds. The van der Waals surface area contributed by atoms with Crippen LogP contribution in [0.2, 0.25) is 0 Å². The molecule has 0 fully saturated rings. The van der Waals surface area contributed by atoms with E-state index in [1.54, 1.807) is 0 Å². The zero-order valence-corrected chi connectivity index (χ0v) is 15.6. The number of carbonyl (C=O) groups is 2. The van der Waals surface area contributed by atoms with Crippen molar-refractivity contribution in [2.24, 2.45) is 0 Å². The van der Waals surface area contributed by atoms with Crippen LogP contribution in [0.15, 0.2) is 30.3 Å². The van der Waals surface area contributed by atoms with Crippen molar-refractivity contribution in [3.05, 3.63) is 35.9 Å². The van der Waals surface area contributed by atoms with E-state index in [4.69, 9.17) is 9.84 Å². The number of benzene rings is 1. The Balaban J connectivity index is 2.12. The van der Waals surface area contributed by atoms with Crippen LogP contribution in [0.5, 0.6) is 0 Å². The van der Waals surface area contributed by atoms with Crippen LogP contribution < -0.4 is 5.32 Å². The summed E-state index contributed by atoms with van der Waals surface area (Å²) in [6, 6.07) is 9.34. The minimum absolute atomic E-state index is 0.209. The van der Waals surface area contributed by atoms with Crippen molar-refractivity contribution in [2.45, 2.75) is 56.7 Å². The molecule has 1 aromatic carbocycles. The summed E-state index contributed by atoms with van der Waals surface area (Å²) in [4.78, 5) is 23.4. The lowest BCUT2D eigenvalue weighted by atomic mass is 10.0. The lowest BCUT2D eigenvalue weighted by Gasteiger charge is -2.24. The Labute approximate surface area is 163 Å².